The van der Waals surface area contributed by atoms with Gasteiger partial charge in [-0.1, -0.05) is 0 Å². The van der Waals surface area contributed by atoms with E-state index in [0.717, 1.165) is 12.8 Å². The number of likely N-dealkylation sites (tertiary alicyclic amines) is 1. The number of rotatable bonds is 2. The lowest BCUT2D eigenvalue weighted by Crippen LogP contribution is -2.46. The minimum Gasteiger partial charge on any atom is -0.359 e. The van der Waals surface area contributed by atoms with Crippen molar-refractivity contribution in [1.82, 2.24) is 10.2 Å². The van der Waals surface area contributed by atoms with E-state index >= 15 is 0 Å². The Hall–Kier alpha value is -1.10. The smallest absolute Gasteiger partial charge is 0.242 e. The lowest BCUT2D eigenvalue weighted by molar-refractivity contribution is -0.134. The van der Waals surface area contributed by atoms with E-state index < -0.39 is 11.0 Å². The molecule has 2 rings (SSSR count). The van der Waals surface area contributed by atoms with Gasteiger partial charge in [-0.3, -0.25) is 9.59 Å². The fourth-order valence-electron chi connectivity index (χ4n) is 2.28. The van der Waals surface area contributed by atoms with E-state index in [-0.39, 0.29) is 11.8 Å². The van der Waals surface area contributed by atoms with Crippen LogP contribution in [0, 0.1) is 5.41 Å². The molecular weight excluding hydrogens is 206 g/mol. The Kier molecular flexibility index (Phi) is 2.45. The van der Waals surface area contributed by atoms with E-state index in [1.165, 1.54) is 0 Å². The maximum atomic E-state index is 12.0. The predicted octanol–water partition coefficient (Wildman–Crippen LogP) is -0.538. The number of amides is 2. The third-order valence-electron chi connectivity index (χ3n) is 3.75. The van der Waals surface area contributed by atoms with Crippen LogP contribution >= 0.6 is 0 Å². The number of hydrogen-bond donors (Lipinski definition) is 2. The molecule has 3 N–H and O–H groups in total. The van der Waals surface area contributed by atoms with Crippen molar-refractivity contribution in [2.45, 2.75) is 31.7 Å². The fraction of sp³-hybridized carbons (Fsp3) is 0.818. The van der Waals surface area contributed by atoms with Gasteiger partial charge in [0.1, 0.15) is 0 Å². The van der Waals surface area contributed by atoms with E-state index in [0.29, 0.717) is 19.5 Å². The van der Waals surface area contributed by atoms with Gasteiger partial charge in [0.15, 0.2) is 0 Å². The second kappa shape index (κ2) is 3.45. The number of nitrogens with two attached hydrogens (primary N) is 1. The molecule has 5 heteroatoms. The Morgan fingerprint density at radius 2 is 1.94 bits per heavy atom. The Morgan fingerprint density at radius 1 is 1.31 bits per heavy atom. The Labute approximate surface area is 95.3 Å². The Balaban J connectivity index is 2.02. The van der Waals surface area contributed by atoms with Crippen LogP contribution in [-0.2, 0) is 9.59 Å². The summed E-state index contributed by atoms with van der Waals surface area (Å²) >= 11 is 0. The van der Waals surface area contributed by atoms with Gasteiger partial charge in [0, 0.05) is 20.1 Å². The highest BCUT2D eigenvalue weighted by atomic mass is 16.2. The highest BCUT2D eigenvalue weighted by molar-refractivity contribution is 5.91. The van der Waals surface area contributed by atoms with Crippen LogP contribution in [-0.4, -0.2) is 42.4 Å². The minimum atomic E-state index is -0.617. The van der Waals surface area contributed by atoms with Gasteiger partial charge in [-0.15, -0.1) is 0 Å². The van der Waals surface area contributed by atoms with Gasteiger partial charge in [0.2, 0.25) is 11.8 Å². The molecule has 5 nitrogen and oxygen atoms in total. The highest BCUT2D eigenvalue weighted by Gasteiger charge is 2.51. The third kappa shape index (κ3) is 1.69. The van der Waals surface area contributed by atoms with Gasteiger partial charge >= 0.3 is 0 Å². The molecule has 2 amide bonds. The first-order chi connectivity index (χ1) is 7.41. The van der Waals surface area contributed by atoms with Gasteiger partial charge < -0.3 is 16.0 Å². The van der Waals surface area contributed by atoms with Crippen LogP contribution < -0.4 is 11.1 Å². The second-order valence-electron chi connectivity index (χ2n) is 5.27. The summed E-state index contributed by atoms with van der Waals surface area (Å²) in [7, 11) is 1.63. The van der Waals surface area contributed by atoms with Crippen molar-refractivity contribution in [1.29, 1.82) is 0 Å². The first kappa shape index (κ1) is 11.4. The predicted molar refractivity (Wildman–Crippen MR) is 59.5 cm³/mol. The summed E-state index contributed by atoms with van der Waals surface area (Å²) in [5.74, 6) is 0.0183. The summed E-state index contributed by atoms with van der Waals surface area (Å²) in [5.41, 5.74) is 4.81. The molecule has 0 radical (unpaired) electrons. The molecule has 1 saturated carbocycles. The van der Waals surface area contributed by atoms with Crippen molar-refractivity contribution >= 4 is 11.8 Å². The summed E-state index contributed by atoms with van der Waals surface area (Å²) in [6.45, 7) is 3.03. The first-order valence-electron chi connectivity index (χ1n) is 5.72. The van der Waals surface area contributed by atoms with Crippen molar-refractivity contribution in [3.8, 4) is 0 Å². The van der Waals surface area contributed by atoms with Crippen LogP contribution in [0.15, 0.2) is 0 Å². The molecule has 0 aromatic rings. The molecule has 2 aliphatic rings. The summed E-state index contributed by atoms with van der Waals surface area (Å²) < 4.78 is 0. The Morgan fingerprint density at radius 3 is 2.44 bits per heavy atom. The molecule has 1 heterocycles. The van der Waals surface area contributed by atoms with Crippen molar-refractivity contribution < 1.29 is 9.59 Å². The maximum Gasteiger partial charge on any atom is 0.242 e. The van der Waals surface area contributed by atoms with E-state index in [1.54, 1.807) is 11.9 Å². The molecule has 90 valence electrons. The molecule has 1 saturated heterocycles. The lowest BCUT2D eigenvalue weighted by Gasteiger charge is -2.24. The average molecular weight is 225 g/mol. The average Bonchev–Trinajstić information content (AvgIpc) is 2.89. The summed E-state index contributed by atoms with van der Waals surface area (Å²) in [6, 6.07) is 0. The second-order valence-corrected chi connectivity index (χ2v) is 5.27. The van der Waals surface area contributed by atoms with Crippen LogP contribution in [0.3, 0.4) is 0 Å². The zero-order valence-electron chi connectivity index (χ0n) is 9.88. The number of carbonyl (C=O) groups excluding carboxylic acids is 2. The van der Waals surface area contributed by atoms with Crippen LogP contribution in [0.5, 0.6) is 0 Å². The van der Waals surface area contributed by atoms with E-state index in [9.17, 15) is 9.59 Å². The fourth-order valence-corrected chi connectivity index (χ4v) is 2.28. The standard InChI is InChI=1S/C11H19N3O2/c1-10(8(15)13-2)5-6-14(7-10)9(16)11(12)3-4-11/h3-7,12H2,1-2H3,(H,13,15). The number of carbonyl (C=O) groups is 2. The van der Waals surface area contributed by atoms with E-state index in [4.69, 9.17) is 5.73 Å². The van der Waals surface area contributed by atoms with E-state index in [1.807, 2.05) is 6.92 Å². The molecule has 0 spiro atoms. The summed E-state index contributed by atoms with van der Waals surface area (Å²) in [4.78, 5) is 25.4. The van der Waals surface area contributed by atoms with Crippen molar-refractivity contribution in [3.63, 3.8) is 0 Å². The van der Waals surface area contributed by atoms with Crippen molar-refractivity contribution in [2.24, 2.45) is 11.1 Å². The zero-order valence-corrected chi connectivity index (χ0v) is 9.88. The molecule has 16 heavy (non-hydrogen) atoms. The number of hydrogen-bond acceptors (Lipinski definition) is 3. The molecule has 0 bridgehead atoms. The lowest BCUT2D eigenvalue weighted by atomic mass is 9.89. The molecule has 0 aromatic heterocycles. The van der Waals surface area contributed by atoms with Gasteiger partial charge in [0.05, 0.1) is 11.0 Å². The number of nitrogens with one attached hydrogen (secondary N) is 1. The number of nitrogens with zero attached hydrogens (tertiary/aromatic N) is 1. The Bertz CT molecular complexity index is 338. The molecule has 0 aromatic carbocycles. The van der Waals surface area contributed by atoms with Gasteiger partial charge in [-0.25, -0.2) is 0 Å². The SMILES string of the molecule is CNC(=O)C1(C)CCN(C(=O)C2(N)CC2)C1. The van der Waals surface area contributed by atoms with Crippen molar-refractivity contribution in [2.75, 3.05) is 20.1 Å². The van der Waals surface area contributed by atoms with Crippen LogP contribution in [0.1, 0.15) is 26.2 Å². The van der Waals surface area contributed by atoms with Crippen molar-refractivity contribution in [3.05, 3.63) is 0 Å². The molecule has 1 unspecified atom stereocenters. The third-order valence-corrected chi connectivity index (χ3v) is 3.75. The quantitative estimate of drug-likeness (QED) is 0.663. The zero-order chi connectivity index (χ0) is 12.0. The maximum absolute atomic E-state index is 12.0. The summed E-state index contributed by atoms with van der Waals surface area (Å²) in [6.07, 6.45) is 2.27. The largest absolute Gasteiger partial charge is 0.359 e. The minimum absolute atomic E-state index is 0.00432. The monoisotopic (exact) mass is 225 g/mol. The molecular formula is C11H19N3O2. The normalized spacial score (nSPS) is 31.3. The molecule has 1 aliphatic heterocycles. The first-order valence-corrected chi connectivity index (χ1v) is 5.72. The van der Waals surface area contributed by atoms with Crippen LogP contribution in [0.25, 0.3) is 0 Å². The topological polar surface area (TPSA) is 75.4 Å². The van der Waals surface area contributed by atoms with Gasteiger partial charge in [-0.2, -0.15) is 0 Å². The molecule has 1 atom stereocenters. The van der Waals surface area contributed by atoms with Gasteiger partial charge in [0.25, 0.3) is 0 Å². The van der Waals surface area contributed by atoms with Gasteiger partial charge in [-0.05, 0) is 26.2 Å². The van der Waals surface area contributed by atoms with E-state index in [2.05, 4.69) is 5.32 Å². The summed E-state index contributed by atoms with van der Waals surface area (Å²) in [5, 5.41) is 2.65. The molecule has 1 aliphatic carbocycles. The van der Waals surface area contributed by atoms with Crippen LogP contribution in [0.2, 0.25) is 0 Å². The molecule has 2 fully saturated rings. The van der Waals surface area contributed by atoms with Crippen LogP contribution in [0.4, 0.5) is 0 Å². The highest BCUT2D eigenvalue weighted by Crippen LogP contribution is 2.38.